The average molecular weight is 338 g/mol. The number of rotatable bonds is 4. The first kappa shape index (κ1) is 17.5. The quantitative estimate of drug-likeness (QED) is 0.583. The first-order valence-electron chi connectivity index (χ1n) is 7.26. The van der Waals surface area contributed by atoms with Gasteiger partial charge in [-0.1, -0.05) is 0 Å². The highest BCUT2D eigenvalue weighted by atomic mass is 35.5. The second-order valence-corrected chi connectivity index (χ2v) is 5.49. The van der Waals surface area contributed by atoms with Crippen LogP contribution in [0, 0.1) is 20.8 Å². The van der Waals surface area contributed by atoms with E-state index in [-0.39, 0.29) is 18.0 Å². The zero-order valence-electron chi connectivity index (χ0n) is 13.4. The first-order valence-corrected chi connectivity index (χ1v) is 7.26. The molecular weight excluding hydrogens is 318 g/mol. The van der Waals surface area contributed by atoms with Crippen molar-refractivity contribution in [3.63, 3.8) is 0 Å². The SMILES string of the molecule is Cc1cc(=O)oc2c(C)c3oc(COCCN)c(C)c3cc12.Cl. The van der Waals surface area contributed by atoms with E-state index < -0.39 is 0 Å². The smallest absolute Gasteiger partial charge is 0.336 e. The number of benzene rings is 1. The molecule has 0 aliphatic heterocycles. The third kappa shape index (κ3) is 3.00. The van der Waals surface area contributed by atoms with Gasteiger partial charge in [-0.15, -0.1) is 12.4 Å². The number of fused-ring (bicyclic) bond motifs is 2. The lowest BCUT2D eigenvalue weighted by atomic mass is 10.0. The molecule has 0 radical (unpaired) electrons. The summed E-state index contributed by atoms with van der Waals surface area (Å²) in [4.78, 5) is 11.6. The van der Waals surface area contributed by atoms with E-state index in [1.165, 1.54) is 6.07 Å². The molecule has 2 aromatic heterocycles. The van der Waals surface area contributed by atoms with Gasteiger partial charge in [-0.3, -0.25) is 0 Å². The average Bonchev–Trinajstić information content (AvgIpc) is 2.78. The molecule has 0 amide bonds. The molecule has 5 nitrogen and oxygen atoms in total. The van der Waals surface area contributed by atoms with Crippen LogP contribution < -0.4 is 11.4 Å². The number of halogens is 1. The van der Waals surface area contributed by atoms with Gasteiger partial charge in [0.2, 0.25) is 0 Å². The maximum Gasteiger partial charge on any atom is 0.336 e. The number of ether oxygens (including phenoxy) is 1. The summed E-state index contributed by atoms with van der Waals surface area (Å²) in [5.74, 6) is 0.779. The van der Waals surface area contributed by atoms with Crippen molar-refractivity contribution >= 4 is 34.3 Å². The summed E-state index contributed by atoms with van der Waals surface area (Å²) < 4.78 is 16.8. The molecule has 6 heteroatoms. The van der Waals surface area contributed by atoms with Crippen molar-refractivity contribution in [1.82, 2.24) is 0 Å². The molecule has 2 heterocycles. The van der Waals surface area contributed by atoms with Gasteiger partial charge in [0.1, 0.15) is 23.5 Å². The minimum absolute atomic E-state index is 0. The van der Waals surface area contributed by atoms with E-state index in [0.717, 1.165) is 38.8 Å². The minimum Gasteiger partial charge on any atom is -0.458 e. The molecule has 124 valence electrons. The van der Waals surface area contributed by atoms with Crippen LogP contribution in [0.3, 0.4) is 0 Å². The van der Waals surface area contributed by atoms with E-state index in [4.69, 9.17) is 19.3 Å². The fourth-order valence-corrected chi connectivity index (χ4v) is 2.74. The van der Waals surface area contributed by atoms with Gasteiger partial charge in [0, 0.05) is 34.5 Å². The van der Waals surface area contributed by atoms with E-state index in [1.807, 2.05) is 26.8 Å². The third-order valence-corrected chi connectivity index (χ3v) is 3.96. The Hall–Kier alpha value is -1.82. The summed E-state index contributed by atoms with van der Waals surface area (Å²) in [6, 6.07) is 3.52. The monoisotopic (exact) mass is 337 g/mol. The Labute approximate surface area is 139 Å². The van der Waals surface area contributed by atoms with E-state index >= 15 is 0 Å². The Bertz CT molecular complexity index is 910. The standard InChI is InChI=1S/C17H19NO4.ClH/c1-9-6-15(19)22-16-11(3)17-13(7-12(9)16)10(2)14(21-17)8-20-5-4-18;/h6-7H,4-5,8,18H2,1-3H3;1H. The van der Waals surface area contributed by atoms with E-state index in [1.54, 1.807) is 0 Å². The molecule has 0 aliphatic rings. The maximum atomic E-state index is 11.6. The van der Waals surface area contributed by atoms with Crippen molar-refractivity contribution in [1.29, 1.82) is 0 Å². The lowest BCUT2D eigenvalue weighted by Crippen LogP contribution is -2.08. The molecule has 1 aromatic carbocycles. The molecular formula is C17H20ClNO4. The van der Waals surface area contributed by atoms with Crippen LogP contribution in [-0.2, 0) is 11.3 Å². The lowest BCUT2D eigenvalue weighted by molar-refractivity contribution is 0.113. The van der Waals surface area contributed by atoms with Crippen molar-refractivity contribution in [2.45, 2.75) is 27.4 Å². The Morgan fingerprint density at radius 3 is 2.43 bits per heavy atom. The van der Waals surface area contributed by atoms with E-state index in [0.29, 0.717) is 25.3 Å². The molecule has 0 unspecified atom stereocenters. The van der Waals surface area contributed by atoms with E-state index in [9.17, 15) is 4.79 Å². The van der Waals surface area contributed by atoms with Gasteiger partial charge in [0.25, 0.3) is 0 Å². The molecule has 0 saturated carbocycles. The molecule has 0 saturated heterocycles. The van der Waals surface area contributed by atoms with Gasteiger partial charge in [0.05, 0.1) is 6.61 Å². The number of aryl methyl sites for hydroxylation is 3. The third-order valence-electron chi connectivity index (χ3n) is 3.96. The Morgan fingerprint density at radius 1 is 1.04 bits per heavy atom. The number of hydrogen-bond acceptors (Lipinski definition) is 5. The highest BCUT2D eigenvalue weighted by Gasteiger charge is 2.17. The molecule has 3 rings (SSSR count). The summed E-state index contributed by atoms with van der Waals surface area (Å²) in [5.41, 5.74) is 9.19. The molecule has 2 N–H and O–H groups in total. The highest BCUT2D eigenvalue weighted by molar-refractivity contribution is 5.99. The Kier molecular flexibility index (Phi) is 5.14. The van der Waals surface area contributed by atoms with Crippen LogP contribution in [0.2, 0.25) is 0 Å². The second-order valence-electron chi connectivity index (χ2n) is 5.49. The van der Waals surface area contributed by atoms with Crippen LogP contribution in [0.4, 0.5) is 0 Å². The van der Waals surface area contributed by atoms with Gasteiger partial charge in [-0.05, 0) is 32.4 Å². The molecule has 0 aliphatic carbocycles. The molecule has 0 spiro atoms. The van der Waals surface area contributed by atoms with Crippen LogP contribution >= 0.6 is 12.4 Å². The lowest BCUT2D eigenvalue weighted by Gasteiger charge is -2.04. The number of hydrogen-bond donors (Lipinski definition) is 1. The van der Waals surface area contributed by atoms with Gasteiger partial charge < -0.3 is 19.3 Å². The van der Waals surface area contributed by atoms with Crippen molar-refractivity contribution < 1.29 is 13.6 Å². The predicted molar refractivity (Wildman–Crippen MR) is 92.4 cm³/mol. The summed E-state index contributed by atoms with van der Waals surface area (Å²) in [6.45, 7) is 7.17. The van der Waals surface area contributed by atoms with Crippen molar-refractivity contribution in [3.05, 3.63) is 45.0 Å². The molecule has 0 bridgehead atoms. The molecule has 23 heavy (non-hydrogen) atoms. The van der Waals surface area contributed by atoms with Crippen LogP contribution in [0.1, 0.15) is 22.5 Å². The van der Waals surface area contributed by atoms with Crippen molar-refractivity contribution in [2.24, 2.45) is 5.73 Å². The fourth-order valence-electron chi connectivity index (χ4n) is 2.74. The van der Waals surface area contributed by atoms with E-state index in [2.05, 4.69) is 0 Å². The molecule has 3 aromatic rings. The van der Waals surface area contributed by atoms with Crippen molar-refractivity contribution in [2.75, 3.05) is 13.2 Å². The normalized spacial score (nSPS) is 11.1. The summed E-state index contributed by atoms with van der Waals surface area (Å²) in [6.07, 6.45) is 0. The first-order chi connectivity index (χ1) is 10.5. The number of furan rings is 1. The molecule has 0 atom stereocenters. The maximum absolute atomic E-state index is 11.6. The van der Waals surface area contributed by atoms with Gasteiger partial charge in [-0.25, -0.2) is 4.79 Å². The largest absolute Gasteiger partial charge is 0.458 e. The number of nitrogens with two attached hydrogens (primary N) is 1. The van der Waals surface area contributed by atoms with Crippen LogP contribution in [0.25, 0.3) is 21.9 Å². The second kappa shape index (κ2) is 6.74. The van der Waals surface area contributed by atoms with Crippen LogP contribution in [-0.4, -0.2) is 13.2 Å². The van der Waals surface area contributed by atoms with Crippen LogP contribution in [0.15, 0.2) is 25.8 Å². The minimum atomic E-state index is -0.345. The van der Waals surface area contributed by atoms with Gasteiger partial charge >= 0.3 is 5.63 Å². The van der Waals surface area contributed by atoms with Crippen molar-refractivity contribution in [3.8, 4) is 0 Å². The molecule has 0 fully saturated rings. The zero-order valence-corrected chi connectivity index (χ0v) is 14.2. The van der Waals surface area contributed by atoms with Gasteiger partial charge in [-0.2, -0.15) is 0 Å². The summed E-state index contributed by atoms with van der Waals surface area (Å²) in [5, 5.41) is 1.95. The predicted octanol–water partition coefficient (Wildman–Crippen LogP) is 3.36. The topological polar surface area (TPSA) is 78.6 Å². The summed E-state index contributed by atoms with van der Waals surface area (Å²) >= 11 is 0. The van der Waals surface area contributed by atoms with Gasteiger partial charge in [0.15, 0.2) is 0 Å². The Balaban J connectivity index is 0.00000192. The Morgan fingerprint density at radius 2 is 1.74 bits per heavy atom. The van der Waals surface area contributed by atoms with Crippen LogP contribution in [0.5, 0.6) is 0 Å². The summed E-state index contributed by atoms with van der Waals surface area (Å²) in [7, 11) is 0. The fraction of sp³-hybridized carbons (Fsp3) is 0.353. The zero-order chi connectivity index (χ0) is 15.9. The highest BCUT2D eigenvalue weighted by Crippen LogP contribution is 2.34.